The number of hydrogen-bond acceptors (Lipinski definition) is 4. The molecule has 0 aliphatic heterocycles. The van der Waals surface area contributed by atoms with E-state index in [0.717, 1.165) is 17.1 Å². The summed E-state index contributed by atoms with van der Waals surface area (Å²) in [5.41, 5.74) is 2.24. The number of nitrogens with zero attached hydrogens (tertiary/aromatic N) is 2. The van der Waals surface area contributed by atoms with Crippen LogP contribution in [0.4, 0.5) is 11.4 Å². The van der Waals surface area contributed by atoms with Gasteiger partial charge in [-0.3, -0.25) is 0 Å². The summed E-state index contributed by atoms with van der Waals surface area (Å²) < 4.78 is 5.17. The highest BCUT2D eigenvalue weighted by molar-refractivity contribution is 5.69. The van der Waals surface area contributed by atoms with Gasteiger partial charge in [-0.15, -0.1) is 0 Å². The summed E-state index contributed by atoms with van der Waals surface area (Å²) >= 11 is 0. The molecule has 84 valence electrons. The van der Waals surface area contributed by atoms with Crippen molar-refractivity contribution in [1.29, 1.82) is 0 Å². The SMILES string of the molecule is CN(C)c1ccccc1NCc1cnco1. The number of para-hydroxylation sites is 2. The highest BCUT2D eigenvalue weighted by atomic mass is 16.3. The van der Waals surface area contributed by atoms with E-state index in [-0.39, 0.29) is 0 Å². The Morgan fingerprint density at radius 3 is 2.81 bits per heavy atom. The minimum absolute atomic E-state index is 0.644. The molecule has 0 amide bonds. The highest BCUT2D eigenvalue weighted by Gasteiger charge is 2.03. The molecule has 0 aliphatic rings. The van der Waals surface area contributed by atoms with Crippen LogP contribution in [0.2, 0.25) is 0 Å². The van der Waals surface area contributed by atoms with Gasteiger partial charge in [0.05, 0.1) is 24.1 Å². The summed E-state index contributed by atoms with van der Waals surface area (Å²) in [7, 11) is 4.05. The summed E-state index contributed by atoms with van der Waals surface area (Å²) in [4.78, 5) is 5.95. The molecule has 0 saturated carbocycles. The molecule has 2 aromatic rings. The van der Waals surface area contributed by atoms with Crippen LogP contribution in [0.25, 0.3) is 0 Å². The molecule has 2 rings (SSSR count). The largest absolute Gasteiger partial charge is 0.447 e. The Labute approximate surface area is 94.9 Å². The van der Waals surface area contributed by atoms with Crippen LogP contribution in [0.5, 0.6) is 0 Å². The number of rotatable bonds is 4. The maximum atomic E-state index is 5.17. The van der Waals surface area contributed by atoms with Crippen molar-refractivity contribution in [1.82, 2.24) is 4.98 Å². The van der Waals surface area contributed by atoms with E-state index in [1.807, 2.05) is 32.3 Å². The van der Waals surface area contributed by atoms with Crippen molar-refractivity contribution in [2.24, 2.45) is 0 Å². The minimum Gasteiger partial charge on any atom is -0.447 e. The van der Waals surface area contributed by atoms with Gasteiger partial charge in [0.15, 0.2) is 6.39 Å². The zero-order valence-corrected chi connectivity index (χ0v) is 9.47. The van der Waals surface area contributed by atoms with Crippen molar-refractivity contribution >= 4 is 11.4 Å². The molecule has 0 unspecified atom stereocenters. The predicted molar refractivity (Wildman–Crippen MR) is 64.6 cm³/mol. The van der Waals surface area contributed by atoms with Crippen molar-refractivity contribution in [2.75, 3.05) is 24.3 Å². The number of anilines is 2. The third-order valence-corrected chi connectivity index (χ3v) is 2.32. The average molecular weight is 217 g/mol. The van der Waals surface area contributed by atoms with E-state index in [1.54, 1.807) is 6.20 Å². The normalized spacial score (nSPS) is 10.1. The highest BCUT2D eigenvalue weighted by Crippen LogP contribution is 2.23. The van der Waals surface area contributed by atoms with Gasteiger partial charge in [0.25, 0.3) is 0 Å². The quantitative estimate of drug-likeness (QED) is 0.853. The molecule has 0 spiro atoms. The first kappa shape index (κ1) is 10.5. The maximum absolute atomic E-state index is 5.17. The van der Waals surface area contributed by atoms with E-state index in [1.165, 1.54) is 6.39 Å². The van der Waals surface area contributed by atoms with Crippen LogP contribution >= 0.6 is 0 Å². The molecule has 4 heteroatoms. The van der Waals surface area contributed by atoms with Crippen LogP contribution in [-0.2, 0) is 6.54 Å². The fourth-order valence-corrected chi connectivity index (χ4v) is 1.52. The fraction of sp³-hybridized carbons (Fsp3) is 0.250. The van der Waals surface area contributed by atoms with Gasteiger partial charge >= 0.3 is 0 Å². The van der Waals surface area contributed by atoms with E-state index in [9.17, 15) is 0 Å². The molecule has 0 aliphatic carbocycles. The Kier molecular flexibility index (Phi) is 3.10. The lowest BCUT2D eigenvalue weighted by atomic mass is 10.2. The monoisotopic (exact) mass is 217 g/mol. The summed E-state index contributed by atoms with van der Waals surface area (Å²) in [5, 5.41) is 3.32. The lowest BCUT2D eigenvalue weighted by Gasteiger charge is -2.17. The maximum Gasteiger partial charge on any atom is 0.180 e. The molecule has 0 fully saturated rings. The van der Waals surface area contributed by atoms with E-state index in [4.69, 9.17) is 4.42 Å². The summed E-state index contributed by atoms with van der Waals surface area (Å²) in [6, 6.07) is 8.15. The molecule has 0 radical (unpaired) electrons. The number of hydrogen-bond donors (Lipinski definition) is 1. The van der Waals surface area contributed by atoms with E-state index in [2.05, 4.69) is 21.3 Å². The summed E-state index contributed by atoms with van der Waals surface area (Å²) in [6.07, 6.45) is 3.15. The molecule has 16 heavy (non-hydrogen) atoms. The topological polar surface area (TPSA) is 41.3 Å². The number of nitrogens with one attached hydrogen (secondary N) is 1. The second-order valence-corrected chi connectivity index (χ2v) is 3.73. The van der Waals surface area contributed by atoms with E-state index < -0.39 is 0 Å². The van der Waals surface area contributed by atoms with Gasteiger partial charge in [-0.25, -0.2) is 4.98 Å². The van der Waals surface area contributed by atoms with Crippen molar-refractivity contribution < 1.29 is 4.42 Å². The lowest BCUT2D eigenvalue weighted by Crippen LogP contribution is -2.11. The predicted octanol–water partition coefficient (Wildman–Crippen LogP) is 2.35. The van der Waals surface area contributed by atoms with Crippen LogP contribution in [0, 0.1) is 0 Å². The number of benzene rings is 1. The van der Waals surface area contributed by atoms with Crippen molar-refractivity contribution in [3.8, 4) is 0 Å². The molecular formula is C12H15N3O. The van der Waals surface area contributed by atoms with E-state index >= 15 is 0 Å². The molecule has 1 N–H and O–H groups in total. The van der Waals surface area contributed by atoms with Crippen LogP contribution in [0.3, 0.4) is 0 Å². The van der Waals surface area contributed by atoms with Gasteiger partial charge < -0.3 is 14.6 Å². The molecule has 1 heterocycles. The standard InChI is InChI=1S/C12H15N3O/c1-15(2)12-6-4-3-5-11(12)14-8-10-7-13-9-16-10/h3-7,9,14H,8H2,1-2H3. The Bertz CT molecular complexity index is 437. The van der Waals surface area contributed by atoms with Crippen molar-refractivity contribution in [2.45, 2.75) is 6.54 Å². The lowest BCUT2D eigenvalue weighted by molar-refractivity contribution is 0.512. The molecule has 0 saturated heterocycles. The van der Waals surface area contributed by atoms with Crippen LogP contribution in [0.15, 0.2) is 41.3 Å². The Balaban J connectivity index is 2.09. The van der Waals surface area contributed by atoms with Gasteiger partial charge in [-0.2, -0.15) is 0 Å². The van der Waals surface area contributed by atoms with E-state index in [0.29, 0.717) is 6.54 Å². The first-order valence-electron chi connectivity index (χ1n) is 5.15. The van der Waals surface area contributed by atoms with Crippen molar-refractivity contribution in [3.63, 3.8) is 0 Å². The second-order valence-electron chi connectivity index (χ2n) is 3.73. The number of oxazole rings is 1. The smallest absolute Gasteiger partial charge is 0.180 e. The molecule has 1 aromatic heterocycles. The molecule has 4 nitrogen and oxygen atoms in total. The van der Waals surface area contributed by atoms with Crippen LogP contribution in [0.1, 0.15) is 5.76 Å². The second kappa shape index (κ2) is 4.70. The third kappa shape index (κ3) is 2.34. The zero-order chi connectivity index (χ0) is 11.4. The Morgan fingerprint density at radius 2 is 2.12 bits per heavy atom. The molecule has 0 bridgehead atoms. The van der Waals surface area contributed by atoms with Crippen LogP contribution < -0.4 is 10.2 Å². The Morgan fingerprint density at radius 1 is 1.31 bits per heavy atom. The number of aromatic nitrogens is 1. The van der Waals surface area contributed by atoms with Gasteiger partial charge in [0.1, 0.15) is 5.76 Å². The van der Waals surface area contributed by atoms with Gasteiger partial charge in [0.2, 0.25) is 0 Å². The fourth-order valence-electron chi connectivity index (χ4n) is 1.52. The molecule has 1 aromatic carbocycles. The molecular weight excluding hydrogens is 202 g/mol. The first-order chi connectivity index (χ1) is 7.77. The van der Waals surface area contributed by atoms with Gasteiger partial charge in [-0.1, -0.05) is 12.1 Å². The van der Waals surface area contributed by atoms with Gasteiger partial charge in [-0.05, 0) is 12.1 Å². The molecule has 0 atom stereocenters. The first-order valence-corrected chi connectivity index (χ1v) is 5.15. The minimum atomic E-state index is 0.644. The zero-order valence-electron chi connectivity index (χ0n) is 9.47. The van der Waals surface area contributed by atoms with Crippen molar-refractivity contribution in [3.05, 3.63) is 42.6 Å². The summed E-state index contributed by atoms with van der Waals surface area (Å²) in [6.45, 7) is 0.644. The average Bonchev–Trinajstić information content (AvgIpc) is 2.79. The van der Waals surface area contributed by atoms with Gasteiger partial charge in [0, 0.05) is 14.1 Å². The third-order valence-electron chi connectivity index (χ3n) is 2.32. The van der Waals surface area contributed by atoms with Crippen LogP contribution in [-0.4, -0.2) is 19.1 Å². The Hall–Kier alpha value is -1.97. The summed E-state index contributed by atoms with van der Waals surface area (Å²) in [5.74, 6) is 0.827.